The first kappa shape index (κ1) is 21.0. The van der Waals surface area contributed by atoms with Gasteiger partial charge in [0.15, 0.2) is 23.0 Å². The Hall–Kier alpha value is -2.90. The molecule has 0 bridgehead atoms. The summed E-state index contributed by atoms with van der Waals surface area (Å²) in [5, 5.41) is 2.40. The highest BCUT2D eigenvalue weighted by Crippen LogP contribution is 2.44. The van der Waals surface area contributed by atoms with Crippen molar-refractivity contribution >= 4 is 28.8 Å². The van der Waals surface area contributed by atoms with Gasteiger partial charge in [-0.2, -0.15) is 0 Å². The molecule has 32 heavy (non-hydrogen) atoms. The van der Waals surface area contributed by atoms with Crippen LogP contribution >= 0.6 is 22.9 Å². The summed E-state index contributed by atoms with van der Waals surface area (Å²) in [6, 6.07) is 11.2. The number of benzene rings is 2. The average Bonchev–Trinajstić information content (AvgIpc) is 3.36. The minimum absolute atomic E-state index is 0.109. The molecule has 2 aromatic carbocycles. The molecule has 1 aromatic heterocycles. The van der Waals surface area contributed by atoms with E-state index in [1.165, 1.54) is 0 Å². The summed E-state index contributed by atoms with van der Waals surface area (Å²) in [7, 11) is 3.25. The van der Waals surface area contributed by atoms with E-state index >= 15 is 0 Å². The smallest absolute Gasteiger partial charge is 0.254 e. The fourth-order valence-corrected chi connectivity index (χ4v) is 5.44. The number of thiophene rings is 1. The Morgan fingerprint density at radius 1 is 1.12 bits per heavy atom. The number of amides is 1. The highest BCUT2D eigenvalue weighted by molar-refractivity contribution is 7.10. The fourth-order valence-electron chi connectivity index (χ4n) is 4.32. The van der Waals surface area contributed by atoms with Gasteiger partial charge in [0.05, 0.1) is 25.3 Å². The first-order chi connectivity index (χ1) is 15.6. The van der Waals surface area contributed by atoms with E-state index in [2.05, 4.69) is 6.07 Å². The molecule has 166 valence electrons. The SMILES string of the molecule is COc1cc2c(cc1OC)[C@H](c1cccs1)N(C(=O)c1cc(Cl)c3c(c1)OCCO3)CC2. The summed E-state index contributed by atoms with van der Waals surface area (Å²) < 4.78 is 22.3. The number of halogens is 1. The van der Waals surface area contributed by atoms with E-state index in [1.807, 2.05) is 28.5 Å². The van der Waals surface area contributed by atoms with Crippen molar-refractivity contribution < 1.29 is 23.7 Å². The van der Waals surface area contributed by atoms with Gasteiger partial charge in [0.2, 0.25) is 0 Å². The van der Waals surface area contributed by atoms with Crippen LogP contribution in [-0.2, 0) is 6.42 Å². The zero-order valence-corrected chi connectivity index (χ0v) is 19.3. The molecule has 2 aliphatic rings. The van der Waals surface area contributed by atoms with E-state index in [0.717, 1.165) is 16.0 Å². The lowest BCUT2D eigenvalue weighted by atomic mass is 9.90. The molecule has 1 atom stereocenters. The molecule has 1 amide bonds. The number of carbonyl (C=O) groups excluding carboxylic acids is 1. The topological polar surface area (TPSA) is 57.2 Å². The molecule has 0 radical (unpaired) electrons. The molecule has 0 saturated carbocycles. The maximum absolute atomic E-state index is 13.8. The van der Waals surface area contributed by atoms with Crippen molar-refractivity contribution in [1.29, 1.82) is 0 Å². The Balaban J connectivity index is 1.59. The number of hydrogen-bond donors (Lipinski definition) is 0. The van der Waals surface area contributed by atoms with E-state index in [4.69, 9.17) is 30.5 Å². The molecule has 0 aliphatic carbocycles. The minimum Gasteiger partial charge on any atom is -0.493 e. The van der Waals surface area contributed by atoms with Crippen LogP contribution < -0.4 is 18.9 Å². The van der Waals surface area contributed by atoms with E-state index in [1.54, 1.807) is 37.7 Å². The first-order valence-electron chi connectivity index (χ1n) is 10.3. The highest BCUT2D eigenvalue weighted by Gasteiger charge is 2.35. The monoisotopic (exact) mass is 471 g/mol. The standard InChI is InChI=1S/C24H22ClNO5S/c1-28-18-11-14-5-6-26(22(21-4-3-9-32-21)16(14)13-19(18)29-2)24(27)15-10-17(25)23-20(12-15)30-7-8-31-23/h3-4,9-13,22H,5-8H2,1-2H3/t22-/m1/s1. The lowest BCUT2D eigenvalue weighted by molar-refractivity contribution is 0.0695. The van der Waals surface area contributed by atoms with Gasteiger partial charge in [-0.05, 0) is 53.3 Å². The van der Waals surface area contributed by atoms with Gasteiger partial charge in [0.1, 0.15) is 13.2 Å². The molecule has 2 aliphatic heterocycles. The number of carbonyl (C=O) groups is 1. The summed E-state index contributed by atoms with van der Waals surface area (Å²) >= 11 is 8.04. The predicted octanol–water partition coefficient (Wildman–Crippen LogP) is 4.98. The van der Waals surface area contributed by atoms with E-state index in [0.29, 0.717) is 59.8 Å². The van der Waals surface area contributed by atoms with E-state index < -0.39 is 0 Å². The summed E-state index contributed by atoms with van der Waals surface area (Å²) in [4.78, 5) is 16.7. The third kappa shape index (κ3) is 3.55. The van der Waals surface area contributed by atoms with Crippen LogP contribution in [0.1, 0.15) is 32.4 Å². The van der Waals surface area contributed by atoms with Gasteiger partial charge in [-0.15, -0.1) is 11.3 Å². The maximum atomic E-state index is 13.8. The van der Waals surface area contributed by atoms with Gasteiger partial charge >= 0.3 is 0 Å². The molecule has 3 heterocycles. The fraction of sp³-hybridized carbons (Fsp3) is 0.292. The number of fused-ring (bicyclic) bond motifs is 2. The van der Waals surface area contributed by atoms with Crippen molar-refractivity contribution in [3.63, 3.8) is 0 Å². The van der Waals surface area contributed by atoms with Gasteiger partial charge in [0.25, 0.3) is 5.91 Å². The van der Waals surface area contributed by atoms with Crippen LogP contribution in [-0.4, -0.2) is 44.8 Å². The molecule has 0 saturated heterocycles. The number of ether oxygens (including phenoxy) is 4. The Kier molecular flexibility index (Phi) is 5.61. The van der Waals surface area contributed by atoms with E-state index in [-0.39, 0.29) is 11.9 Å². The molecule has 0 N–H and O–H groups in total. The normalized spacial score (nSPS) is 17.0. The van der Waals surface area contributed by atoms with Crippen molar-refractivity contribution in [3.05, 3.63) is 68.4 Å². The zero-order valence-electron chi connectivity index (χ0n) is 17.7. The van der Waals surface area contributed by atoms with E-state index in [9.17, 15) is 4.79 Å². The number of nitrogens with zero attached hydrogens (tertiary/aromatic N) is 1. The largest absolute Gasteiger partial charge is 0.493 e. The Labute approximate surface area is 195 Å². The van der Waals surface area contributed by atoms with Crippen LogP contribution in [0.5, 0.6) is 23.0 Å². The molecule has 8 heteroatoms. The first-order valence-corrected chi connectivity index (χ1v) is 11.5. The Bertz CT molecular complexity index is 1160. The third-order valence-electron chi connectivity index (χ3n) is 5.79. The lowest BCUT2D eigenvalue weighted by Crippen LogP contribution is -2.40. The average molecular weight is 472 g/mol. The van der Waals surface area contributed by atoms with Gasteiger partial charge < -0.3 is 23.8 Å². The number of rotatable bonds is 4. The maximum Gasteiger partial charge on any atom is 0.254 e. The third-order valence-corrected chi connectivity index (χ3v) is 7.00. The highest BCUT2D eigenvalue weighted by atomic mass is 35.5. The Morgan fingerprint density at radius 3 is 2.66 bits per heavy atom. The minimum atomic E-state index is -0.238. The molecule has 5 rings (SSSR count). The number of methoxy groups -OCH3 is 2. The second-order valence-electron chi connectivity index (χ2n) is 7.55. The van der Waals surface area contributed by atoms with Gasteiger partial charge in [-0.1, -0.05) is 17.7 Å². The lowest BCUT2D eigenvalue weighted by Gasteiger charge is -2.37. The van der Waals surface area contributed by atoms with Crippen molar-refractivity contribution in [2.75, 3.05) is 34.0 Å². The summed E-state index contributed by atoms with van der Waals surface area (Å²) in [6.07, 6.45) is 0.710. The molecular weight excluding hydrogens is 450 g/mol. The van der Waals surface area contributed by atoms with Crippen molar-refractivity contribution in [1.82, 2.24) is 4.90 Å². The van der Waals surface area contributed by atoms with Crippen molar-refractivity contribution in [2.24, 2.45) is 0 Å². The molecule has 0 fully saturated rings. The van der Waals surface area contributed by atoms with Gasteiger partial charge in [-0.3, -0.25) is 4.79 Å². The van der Waals surface area contributed by atoms with Crippen LogP contribution in [0.3, 0.4) is 0 Å². The van der Waals surface area contributed by atoms with Gasteiger partial charge in [-0.25, -0.2) is 0 Å². The van der Waals surface area contributed by atoms with Crippen molar-refractivity contribution in [2.45, 2.75) is 12.5 Å². The quantitative estimate of drug-likeness (QED) is 0.537. The van der Waals surface area contributed by atoms with Crippen LogP contribution in [0.2, 0.25) is 5.02 Å². The zero-order chi connectivity index (χ0) is 22.2. The predicted molar refractivity (Wildman–Crippen MR) is 123 cm³/mol. The van der Waals surface area contributed by atoms with Crippen LogP contribution in [0.15, 0.2) is 41.8 Å². The second-order valence-corrected chi connectivity index (χ2v) is 8.94. The van der Waals surface area contributed by atoms with Crippen LogP contribution in [0, 0.1) is 0 Å². The second kappa shape index (κ2) is 8.56. The molecular formula is C24H22ClNO5S. The van der Waals surface area contributed by atoms with Crippen LogP contribution in [0.4, 0.5) is 0 Å². The summed E-state index contributed by atoms with van der Waals surface area (Å²) in [5.74, 6) is 2.22. The molecule has 3 aromatic rings. The summed E-state index contributed by atoms with van der Waals surface area (Å²) in [5.41, 5.74) is 2.66. The van der Waals surface area contributed by atoms with Crippen LogP contribution in [0.25, 0.3) is 0 Å². The summed E-state index contributed by atoms with van der Waals surface area (Å²) in [6.45, 7) is 1.43. The number of hydrogen-bond acceptors (Lipinski definition) is 6. The molecule has 6 nitrogen and oxygen atoms in total. The molecule has 0 spiro atoms. The Morgan fingerprint density at radius 2 is 1.91 bits per heavy atom. The van der Waals surface area contributed by atoms with Gasteiger partial charge in [0, 0.05) is 17.0 Å². The molecule has 0 unspecified atom stereocenters. The van der Waals surface area contributed by atoms with Crippen molar-refractivity contribution in [3.8, 4) is 23.0 Å².